The second kappa shape index (κ2) is 6.20. The smallest absolute Gasteiger partial charge is 0.0619 e. The molecular weight excluding hydrogens is 372 g/mol. The molecule has 0 aliphatic heterocycles. The molecule has 0 nitrogen and oxygen atoms in total. The van der Waals surface area contributed by atoms with Crippen LogP contribution in [0.4, 0.5) is 0 Å². The van der Waals surface area contributed by atoms with Crippen LogP contribution in [0.5, 0.6) is 0 Å². The van der Waals surface area contributed by atoms with Gasteiger partial charge in [0.25, 0.3) is 0 Å². The Hall–Kier alpha value is -3.12. The maximum atomic E-state index is 2.50. The maximum absolute atomic E-state index is 2.50. The van der Waals surface area contributed by atoms with E-state index in [0.717, 1.165) is 6.42 Å². The molecule has 0 radical (unpaired) electrons. The minimum absolute atomic E-state index is 0.108. The van der Waals surface area contributed by atoms with Gasteiger partial charge in [0.2, 0.25) is 0 Å². The number of hydrogen-bond donors (Lipinski definition) is 0. The largest absolute Gasteiger partial charge is 0.0725 e. The van der Waals surface area contributed by atoms with Gasteiger partial charge in [0.05, 0.1) is 5.41 Å². The first kappa shape index (κ1) is 18.6. The van der Waals surface area contributed by atoms with Gasteiger partial charge in [-0.2, -0.15) is 0 Å². The average molecular weight is 401 g/mol. The van der Waals surface area contributed by atoms with Gasteiger partial charge in [0.15, 0.2) is 0 Å². The van der Waals surface area contributed by atoms with Crippen LogP contribution < -0.4 is 0 Å². The molecule has 0 unspecified atom stereocenters. The van der Waals surface area contributed by atoms with Crippen LogP contribution in [0.15, 0.2) is 84.9 Å². The van der Waals surface area contributed by atoms with E-state index >= 15 is 0 Å². The summed E-state index contributed by atoms with van der Waals surface area (Å²) in [5.74, 6) is 0. The topological polar surface area (TPSA) is 0 Å². The van der Waals surface area contributed by atoms with Crippen LogP contribution in [0.1, 0.15) is 61.1 Å². The first-order chi connectivity index (χ1) is 15.0. The van der Waals surface area contributed by atoms with Crippen molar-refractivity contribution in [3.05, 3.63) is 118 Å². The number of benzene rings is 4. The SMILES string of the molecule is CCc1ccc2c(c1)C1(c3ccccc3-c3ccccc31)c1cc(C(C)(C)C)ccc1-2. The lowest BCUT2D eigenvalue weighted by atomic mass is 9.69. The third kappa shape index (κ3) is 2.31. The molecule has 0 atom stereocenters. The summed E-state index contributed by atoms with van der Waals surface area (Å²) in [6.07, 6.45) is 1.05. The van der Waals surface area contributed by atoms with E-state index in [0.29, 0.717) is 0 Å². The van der Waals surface area contributed by atoms with Gasteiger partial charge in [0.1, 0.15) is 0 Å². The lowest BCUT2D eigenvalue weighted by Gasteiger charge is -2.32. The highest BCUT2D eigenvalue weighted by Gasteiger charge is 2.51. The fourth-order valence-electron chi connectivity index (χ4n) is 5.87. The molecule has 6 rings (SSSR count). The summed E-state index contributed by atoms with van der Waals surface area (Å²) in [5, 5.41) is 0. The molecule has 1 spiro atoms. The minimum atomic E-state index is -0.232. The quantitative estimate of drug-likeness (QED) is 0.263. The van der Waals surface area contributed by atoms with Crippen molar-refractivity contribution in [2.75, 3.05) is 0 Å². The molecule has 4 aromatic rings. The third-order valence-corrected chi connectivity index (χ3v) is 7.43. The first-order valence-corrected chi connectivity index (χ1v) is 11.4. The Kier molecular flexibility index (Phi) is 3.73. The number of hydrogen-bond acceptors (Lipinski definition) is 0. The Morgan fingerprint density at radius 3 is 1.68 bits per heavy atom. The van der Waals surface area contributed by atoms with Crippen LogP contribution in [0.25, 0.3) is 22.3 Å². The van der Waals surface area contributed by atoms with Gasteiger partial charge in [0, 0.05) is 0 Å². The van der Waals surface area contributed by atoms with E-state index in [1.54, 1.807) is 0 Å². The molecule has 0 bridgehead atoms. The highest BCUT2D eigenvalue weighted by Crippen LogP contribution is 2.63. The molecule has 0 heterocycles. The number of aryl methyl sites for hydroxylation is 1. The van der Waals surface area contributed by atoms with Gasteiger partial charge in [-0.25, -0.2) is 0 Å². The lowest BCUT2D eigenvalue weighted by Crippen LogP contribution is -2.26. The van der Waals surface area contributed by atoms with Crippen molar-refractivity contribution in [3.63, 3.8) is 0 Å². The molecule has 2 aliphatic carbocycles. The normalized spacial score (nSPS) is 14.8. The monoisotopic (exact) mass is 400 g/mol. The van der Waals surface area contributed by atoms with Crippen LogP contribution >= 0.6 is 0 Å². The Labute approximate surface area is 185 Å². The Morgan fingerprint density at radius 1 is 0.581 bits per heavy atom. The van der Waals surface area contributed by atoms with Crippen LogP contribution in [0.2, 0.25) is 0 Å². The second-order valence-corrected chi connectivity index (χ2v) is 10.1. The zero-order valence-corrected chi connectivity index (χ0v) is 18.8. The summed E-state index contributed by atoms with van der Waals surface area (Å²) in [5.41, 5.74) is 14.0. The zero-order valence-electron chi connectivity index (χ0n) is 18.8. The van der Waals surface area contributed by atoms with Gasteiger partial charge in [-0.15, -0.1) is 0 Å². The molecule has 152 valence electrons. The molecule has 0 aromatic heterocycles. The standard InChI is InChI=1S/C31H28/c1-5-20-14-16-24-25-17-15-21(30(2,3)4)19-29(25)31(28(24)18-20)26-12-8-6-10-22(26)23-11-7-9-13-27(23)31/h6-19H,5H2,1-4H3. The molecule has 0 fully saturated rings. The van der Waals surface area contributed by atoms with E-state index in [1.165, 1.54) is 55.6 Å². The van der Waals surface area contributed by atoms with Crippen molar-refractivity contribution in [2.45, 2.75) is 44.9 Å². The fraction of sp³-hybridized carbons (Fsp3) is 0.226. The van der Waals surface area contributed by atoms with Gasteiger partial charge in [-0.3, -0.25) is 0 Å². The summed E-state index contributed by atoms with van der Waals surface area (Å²) < 4.78 is 0. The van der Waals surface area contributed by atoms with Gasteiger partial charge >= 0.3 is 0 Å². The van der Waals surface area contributed by atoms with Crippen LogP contribution in [-0.4, -0.2) is 0 Å². The Bertz CT molecular complexity index is 1300. The zero-order chi connectivity index (χ0) is 21.4. The number of fused-ring (bicyclic) bond motifs is 10. The highest BCUT2D eigenvalue weighted by molar-refractivity contribution is 5.95. The Morgan fingerprint density at radius 2 is 1.10 bits per heavy atom. The summed E-state index contributed by atoms with van der Waals surface area (Å²) in [7, 11) is 0. The van der Waals surface area contributed by atoms with Crippen molar-refractivity contribution in [1.29, 1.82) is 0 Å². The summed E-state index contributed by atoms with van der Waals surface area (Å²) in [4.78, 5) is 0. The van der Waals surface area contributed by atoms with Crippen LogP contribution in [0.3, 0.4) is 0 Å². The third-order valence-electron chi connectivity index (χ3n) is 7.43. The van der Waals surface area contributed by atoms with E-state index in [2.05, 4.69) is 113 Å². The predicted molar refractivity (Wildman–Crippen MR) is 131 cm³/mol. The van der Waals surface area contributed by atoms with Gasteiger partial charge in [-0.05, 0) is 67.5 Å². The van der Waals surface area contributed by atoms with Crippen molar-refractivity contribution < 1.29 is 0 Å². The van der Waals surface area contributed by atoms with Crippen molar-refractivity contribution >= 4 is 0 Å². The summed E-state index contributed by atoms with van der Waals surface area (Å²) in [6.45, 7) is 9.20. The first-order valence-electron chi connectivity index (χ1n) is 11.4. The summed E-state index contributed by atoms with van der Waals surface area (Å²) in [6, 6.07) is 32.5. The van der Waals surface area contributed by atoms with E-state index in [1.807, 2.05) is 0 Å². The molecule has 4 aromatic carbocycles. The van der Waals surface area contributed by atoms with E-state index < -0.39 is 0 Å². The lowest BCUT2D eigenvalue weighted by molar-refractivity contribution is 0.588. The van der Waals surface area contributed by atoms with Gasteiger partial charge < -0.3 is 0 Å². The fourth-order valence-corrected chi connectivity index (χ4v) is 5.87. The van der Waals surface area contributed by atoms with Crippen LogP contribution in [0, 0.1) is 0 Å². The molecule has 0 amide bonds. The van der Waals surface area contributed by atoms with Crippen molar-refractivity contribution in [2.24, 2.45) is 0 Å². The molecular formula is C31H28. The Balaban J connectivity index is 1.81. The molecule has 0 N–H and O–H groups in total. The highest BCUT2D eigenvalue weighted by atomic mass is 14.5. The van der Waals surface area contributed by atoms with E-state index in [9.17, 15) is 0 Å². The minimum Gasteiger partial charge on any atom is -0.0619 e. The van der Waals surface area contributed by atoms with E-state index in [4.69, 9.17) is 0 Å². The summed E-state index contributed by atoms with van der Waals surface area (Å²) >= 11 is 0. The maximum Gasteiger partial charge on any atom is 0.0725 e. The molecule has 2 aliphatic rings. The van der Waals surface area contributed by atoms with Gasteiger partial charge in [-0.1, -0.05) is 113 Å². The van der Waals surface area contributed by atoms with Crippen LogP contribution in [-0.2, 0) is 17.3 Å². The number of rotatable bonds is 1. The molecule has 0 saturated heterocycles. The van der Waals surface area contributed by atoms with Crippen molar-refractivity contribution in [1.82, 2.24) is 0 Å². The average Bonchev–Trinajstić information content (AvgIpc) is 3.25. The van der Waals surface area contributed by atoms with E-state index in [-0.39, 0.29) is 10.8 Å². The molecule has 0 heteroatoms. The second-order valence-electron chi connectivity index (χ2n) is 10.1. The predicted octanol–water partition coefficient (Wildman–Crippen LogP) is 7.89. The van der Waals surface area contributed by atoms with Crippen molar-refractivity contribution in [3.8, 4) is 22.3 Å². The molecule has 31 heavy (non-hydrogen) atoms. The molecule has 0 saturated carbocycles.